The molecule has 0 bridgehead atoms. The van der Waals surface area contributed by atoms with Gasteiger partial charge in [0.15, 0.2) is 5.78 Å². The van der Waals surface area contributed by atoms with Gasteiger partial charge < -0.3 is 9.47 Å². The first-order chi connectivity index (χ1) is 14.1. The third-order valence-corrected chi connectivity index (χ3v) is 6.38. The molecular formula is C24H29NO4. The molecule has 0 spiro atoms. The number of carbonyl (C=O) groups is 2. The van der Waals surface area contributed by atoms with Crippen molar-refractivity contribution in [2.45, 2.75) is 70.3 Å². The first-order valence-corrected chi connectivity index (χ1v) is 10.7. The first kappa shape index (κ1) is 19.9. The molecule has 5 nitrogen and oxygen atoms in total. The maximum absolute atomic E-state index is 13.3. The fraction of sp³-hybridized carbons (Fsp3) is 0.542. The summed E-state index contributed by atoms with van der Waals surface area (Å²) in [5.74, 6) is -0.361. The van der Waals surface area contributed by atoms with Crippen molar-refractivity contribution in [2.24, 2.45) is 10.9 Å². The molecule has 1 aromatic rings. The molecule has 0 aromatic heterocycles. The molecule has 0 amide bonds. The lowest BCUT2D eigenvalue weighted by Crippen LogP contribution is -2.38. The van der Waals surface area contributed by atoms with Gasteiger partial charge in [0.2, 0.25) is 0 Å². The second kappa shape index (κ2) is 8.52. The molecule has 2 atom stereocenters. The zero-order chi connectivity index (χ0) is 20.4. The normalized spacial score (nSPS) is 25.3. The lowest BCUT2D eigenvalue weighted by Gasteiger charge is -2.35. The number of ether oxygens (including phenoxy) is 2. The number of hydrogen-bond acceptors (Lipinski definition) is 5. The molecule has 4 rings (SSSR count). The largest absolute Gasteiger partial charge is 0.497 e. The first-order valence-electron chi connectivity index (χ1n) is 10.7. The Morgan fingerprint density at radius 1 is 1.10 bits per heavy atom. The van der Waals surface area contributed by atoms with Gasteiger partial charge in [-0.05, 0) is 63.1 Å². The summed E-state index contributed by atoms with van der Waals surface area (Å²) in [5.41, 5.74) is 3.19. The van der Waals surface area contributed by atoms with Crippen LogP contribution in [0.25, 0.3) is 0 Å². The van der Waals surface area contributed by atoms with Gasteiger partial charge in [-0.2, -0.15) is 0 Å². The van der Waals surface area contributed by atoms with Crippen molar-refractivity contribution >= 4 is 17.5 Å². The number of aliphatic imine (C=N–C) groups is 1. The Balaban J connectivity index is 1.73. The summed E-state index contributed by atoms with van der Waals surface area (Å²) in [6.07, 6.45) is 7.34. The van der Waals surface area contributed by atoms with Crippen molar-refractivity contribution < 1.29 is 19.1 Å². The molecule has 1 aromatic carbocycles. The molecule has 5 heteroatoms. The molecule has 1 aliphatic heterocycles. The molecule has 2 aliphatic carbocycles. The van der Waals surface area contributed by atoms with E-state index in [9.17, 15) is 9.59 Å². The minimum absolute atomic E-state index is 0.0209. The Kier molecular flexibility index (Phi) is 5.84. The van der Waals surface area contributed by atoms with Crippen LogP contribution in [-0.2, 0) is 14.3 Å². The number of ketones is 1. The highest BCUT2D eigenvalue weighted by atomic mass is 16.5. The van der Waals surface area contributed by atoms with Crippen LogP contribution in [-0.4, -0.2) is 30.7 Å². The highest BCUT2D eigenvalue weighted by Gasteiger charge is 2.43. The van der Waals surface area contributed by atoms with Gasteiger partial charge >= 0.3 is 5.97 Å². The van der Waals surface area contributed by atoms with Crippen LogP contribution < -0.4 is 4.74 Å². The SMILES string of the molecule is COc1cccc([C@@H]2C3=C(CCCC3=O)N=C(C)C2C(=O)OC2CCCCC2)c1. The lowest BCUT2D eigenvalue weighted by atomic mass is 9.71. The maximum Gasteiger partial charge on any atom is 0.315 e. The molecule has 0 N–H and O–H groups in total. The third kappa shape index (κ3) is 4.00. The lowest BCUT2D eigenvalue weighted by molar-refractivity contribution is -0.153. The molecular weight excluding hydrogens is 366 g/mol. The zero-order valence-corrected chi connectivity index (χ0v) is 17.3. The van der Waals surface area contributed by atoms with Crippen LogP contribution in [0.1, 0.15) is 69.8 Å². The second-order valence-corrected chi connectivity index (χ2v) is 8.32. The predicted octanol–water partition coefficient (Wildman–Crippen LogP) is 4.75. The van der Waals surface area contributed by atoms with E-state index in [0.29, 0.717) is 17.7 Å². The Morgan fingerprint density at radius 3 is 2.66 bits per heavy atom. The summed E-state index contributed by atoms with van der Waals surface area (Å²) in [7, 11) is 1.62. The van der Waals surface area contributed by atoms with Crippen LogP contribution in [0, 0.1) is 5.92 Å². The highest BCUT2D eigenvalue weighted by Crippen LogP contribution is 2.44. The van der Waals surface area contributed by atoms with E-state index in [-0.39, 0.29) is 23.8 Å². The van der Waals surface area contributed by atoms with Crippen molar-refractivity contribution in [3.05, 3.63) is 41.1 Å². The van der Waals surface area contributed by atoms with E-state index in [0.717, 1.165) is 55.5 Å². The number of benzene rings is 1. The summed E-state index contributed by atoms with van der Waals surface area (Å²) in [6.45, 7) is 1.89. The van der Waals surface area contributed by atoms with Crippen molar-refractivity contribution in [3.63, 3.8) is 0 Å². The molecule has 3 aliphatic rings. The van der Waals surface area contributed by atoms with E-state index in [2.05, 4.69) is 0 Å². The van der Waals surface area contributed by atoms with Gasteiger partial charge in [0.25, 0.3) is 0 Å². The van der Waals surface area contributed by atoms with Crippen LogP contribution >= 0.6 is 0 Å². The number of methoxy groups -OCH3 is 1. The fourth-order valence-electron chi connectivity index (χ4n) is 4.93. The van der Waals surface area contributed by atoms with Gasteiger partial charge in [0, 0.05) is 29.3 Å². The number of rotatable bonds is 4. The van der Waals surface area contributed by atoms with Gasteiger partial charge in [0.1, 0.15) is 17.8 Å². The molecule has 1 heterocycles. The molecule has 1 fully saturated rings. The van der Waals surface area contributed by atoms with Crippen molar-refractivity contribution in [3.8, 4) is 5.75 Å². The summed E-state index contributed by atoms with van der Waals surface area (Å²) < 4.78 is 11.3. The summed E-state index contributed by atoms with van der Waals surface area (Å²) >= 11 is 0. The van der Waals surface area contributed by atoms with Crippen molar-refractivity contribution in [1.82, 2.24) is 0 Å². The average Bonchev–Trinajstić information content (AvgIpc) is 2.73. The number of hydrogen-bond donors (Lipinski definition) is 0. The third-order valence-electron chi connectivity index (χ3n) is 6.38. The Bertz CT molecular complexity index is 863. The number of Topliss-reactive ketones (excluding diaryl/α,β-unsaturated/α-hetero) is 1. The van der Waals surface area contributed by atoms with Gasteiger partial charge in [-0.1, -0.05) is 18.6 Å². The molecule has 154 valence electrons. The van der Waals surface area contributed by atoms with E-state index in [1.54, 1.807) is 7.11 Å². The van der Waals surface area contributed by atoms with Crippen LogP contribution in [0.15, 0.2) is 40.5 Å². The molecule has 0 saturated heterocycles. The molecule has 29 heavy (non-hydrogen) atoms. The standard InChI is InChI=1S/C24H29NO4/c1-15-21(24(27)29-17-9-4-3-5-10-17)22(16-8-6-11-18(14-16)28-2)23-19(25-15)12-7-13-20(23)26/h6,8,11,14,17,21-22H,3-5,7,9-10,12-13H2,1-2H3/t21?,22-/m0/s1. The number of nitrogens with zero attached hydrogens (tertiary/aromatic N) is 1. The smallest absolute Gasteiger partial charge is 0.315 e. The predicted molar refractivity (Wildman–Crippen MR) is 111 cm³/mol. The summed E-state index contributed by atoms with van der Waals surface area (Å²) in [4.78, 5) is 31.0. The Morgan fingerprint density at radius 2 is 1.90 bits per heavy atom. The fourth-order valence-corrected chi connectivity index (χ4v) is 4.93. The Labute approximate surface area is 172 Å². The monoisotopic (exact) mass is 395 g/mol. The van der Waals surface area contributed by atoms with E-state index >= 15 is 0 Å². The van der Waals surface area contributed by atoms with E-state index in [4.69, 9.17) is 14.5 Å². The van der Waals surface area contributed by atoms with Gasteiger partial charge in [-0.15, -0.1) is 0 Å². The average molecular weight is 395 g/mol. The Hall–Kier alpha value is -2.43. The van der Waals surface area contributed by atoms with Crippen LogP contribution in [0.2, 0.25) is 0 Å². The van der Waals surface area contributed by atoms with E-state index in [1.807, 2.05) is 31.2 Å². The summed E-state index contributed by atoms with van der Waals surface area (Å²) in [5, 5.41) is 0. The number of carbonyl (C=O) groups excluding carboxylic acids is 2. The molecule has 1 unspecified atom stereocenters. The quantitative estimate of drug-likeness (QED) is 0.690. The maximum atomic E-state index is 13.3. The molecule has 1 saturated carbocycles. The number of allylic oxidation sites excluding steroid dienone is 2. The van der Waals surface area contributed by atoms with Gasteiger partial charge in [0.05, 0.1) is 7.11 Å². The second-order valence-electron chi connectivity index (χ2n) is 8.32. The van der Waals surface area contributed by atoms with Crippen molar-refractivity contribution in [1.29, 1.82) is 0 Å². The topological polar surface area (TPSA) is 65.0 Å². The van der Waals surface area contributed by atoms with Crippen LogP contribution in [0.3, 0.4) is 0 Å². The zero-order valence-electron chi connectivity index (χ0n) is 17.3. The van der Waals surface area contributed by atoms with Crippen molar-refractivity contribution in [2.75, 3.05) is 7.11 Å². The minimum Gasteiger partial charge on any atom is -0.497 e. The molecule has 0 radical (unpaired) electrons. The van der Waals surface area contributed by atoms with Gasteiger partial charge in [-0.3, -0.25) is 14.6 Å². The van der Waals surface area contributed by atoms with Crippen LogP contribution in [0.4, 0.5) is 0 Å². The van der Waals surface area contributed by atoms with Crippen LogP contribution in [0.5, 0.6) is 5.75 Å². The summed E-state index contributed by atoms with van der Waals surface area (Å²) in [6, 6.07) is 7.68. The highest BCUT2D eigenvalue weighted by molar-refractivity contribution is 6.08. The minimum atomic E-state index is -0.565. The van der Waals surface area contributed by atoms with E-state index in [1.165, 1.54) is 6.42 Å². The number of esters is 1. The van der Waals surface area contributed by atoms with Gasteiger partial charge in [-0.25, -0.2) is 0 Å². The van der Waals surface area contributed by atoms with E-state index < -0.39 is 5.92 Å².